The fourth-order valence-electron chi connectivity index (χ4n) is 1.49. The van der Waals surface area contributed by atoms with Crippen LogP contribution in [0.2, 0.25) is 5.02 Å². The van der Waals surface area contributed by atoms with Crippen molar-refractivity contribution < 1.29 is 17.9 Å². The van der Waals surface area contributed by atoms with Crippen LogP contribution < -0.4 is 4.74 Å². The van der Waals surface area contributed by atoms with E-state index in [0.29, 0.717) is 15.7 Å². The van der Waals surface area contributed by atoms with Gasteiger partial charge in [-0.05, 0) is 11.6 Å². The molecule has 21 heavy (non-hydrogen) atoms. The molecule has 0 saturated carbocycles. The van der Waals surface area contributed by atoms with Crippen LogP contribution in [0.4, 0.5) is 13.2 Å². The average molecular weight is 334 g/mol. The highest BCUT2D eigenvalue weighted by Gasteiger charge is 2.23. The highest BCUT2D eigenvalue weighted by Crippen LogP contribution is 2.33. The lowest BCUT2D eigenvalue weighted by molar-refractivity contribution is -0.0704. The van der Waals surface area contributed by atoms with Gasteiger partial charge in [-0.25, -0.2) is 13.8 Å². The number of alkyl halides is 3. The molecule has 2 nitrogen and oxygen atoms in total. The van der Waals surface area contributed by atoms with Crippen molar-refractivity contribution in [2.24, 2.45) is 0 Å². The maximum atomic E-state index is 13.0. The van der Waals surface area contributed by atoms with Gasteiger partial charge in [-0.1, -0.05) is 41.9 Å². The number of hydrogen-bond donors (Lipinski definition) is 0. The van der Waals surface area contributed by atoms with Gasteiger partial charge >= 0.3 is 6.43 Å². The average Bonchev–Trinajstić information content (AvgIpc) is 2.48. The van der Waals surface area contributed by atoms with E-state index in [1.165, 1.54) is 24.0 Å². The summed E-state index contributed by atoms with van der Waals surface area (Å²) in [7, 11) is 0. The van der Waals surface area contributed by atoms with Crippen LogP contribution in [0.5, 0.6) is 5.88 Å². The molecule has 0 saturated heterocycles. The third-order valence-corrected chi connectivity index (χ3v) is 3.73. The van der Waals surface area contributed by atoms with Gasteiger partial charge in [-0.15, -0.1) is 11.8 Å². The van der Waals surface area contributed by atoms with E-state index in [9.17, 15) is 13.2 Å². The van der Waals surface area contributed by atoms with Crippen LogP contribution >= 0.6 is 23.4 Å². The predicted molar refractivity (Wildman–Crippen MR) is 76.8 cm³/mol. The second kappa shape index (κ2) is 7.56. The molecule has 1 atom stereocenters. The van der Waals surface area contributed by atoms with Crippen LogP contribution in [0.25, 0.3) is 0 Å². The lowest BCUT2D eigenvalue weighted by Gasteiger charge is -2.13. The van der Waals surface area contributed by atoms with Gasteiger partial charge < -0.3 is 4.74 Å². The number of pyridine rings is 1. The predicted octanol–water partition coefficient (Wildman–Crippen LogP) is 4.97. The van der Waals surface area contributed by atoms with Gasteiger partial charge in [0.15, 0.2) is 0 Å². The summed E-state index contributed by atoms with van der Waals surface area (Å²) in [5.41, 5.74) is 1.03. The first-order valence-electron chi connectivity index (χ1n) is 5.97. The molecule has 1 unspecified atom stereocenters. The van der Waals surface area contributed by atoms with Crippen molar-refractivity contribution >= 4 is 23.4 Å². The Kier molecular flexibility index (Phi) is 5.76. The van der Waals surface area contributed by atoms with E-state index in [4.69, 9.17) is 11.6 Å². The number of nitrogens with zero attached hydrogens (tertiary/aromatic N) is 1. The summed E-state index contributed by atoms with van der Waals surface area (Å²) in [5.74, 6) is 0.373. The Morgan fingerprint density at radius 1 is 1.19 bits per heavy atom. The fraction of sp³-hybridized carbons (Fsp3) is 0.214. The number of rotatable bonds is 6. The maximum Gasteiger partial charge on any atom is 0.304 e. The van der Waals surface area contributed by atoms with Crippen molar-refractivity contribution in [3.05, 3.63) is 53.2 Å². The molecule has 0 bridgehead atoms. The molecule has 2 aromatic rings. The van der Waals surface area contributed by atoms with Crippen LogP contribution in [-0.4, -0.2) is 17.8 Å². The molecule has 1 aromatic carbocycles. The largest absolute Gasteiger partial charge is 0.436 e. The molecular weight excluding hydrogens is 323 g/mol. The Morgan fingerprint density at radius 2 is 1.90 bits per heavy atom. The van der Waals surface area contributed by atoms with Crippen LogP contribution in [0.1, 0.15) is 5.56 Å². The number of benzene rings is 1. The van der Waals surface area contributed by atoms with Crippen molar-refractivity contribution in [1.29, 1.82) is 0 Å². The van der Waals surface area contributed by atoms with E-state index < -0.39 is 12.8 Å². The van der Waals surface area contributed by atoms with E-state index in [1.54, 1.807) is 0 Å². The minimum Gasteiger partial charge on any atom is -0.436 e. The molecule has 0 N–H and O–H groups in total. The third-order valence-electron chi connectivity index (χ3n) is 2.44. The molecule has 7 heteroatoms. The van der Waals surface area contributed by atoms with E-state index >= 15 is 0 Å². The van der Waals surface area contributed by atoms with Gasteiger partial charge in [0, 0.05) is 11.9 Å². The lowest BCUT2D eigenvalue weighted by atomic mass is 10.2. The zero-order valence-corrected chi connectivity index (χ0v) is 12.3. The van der Waals surface area contributed by atoms with Gasteiger partial charge in [0.05, 0.1) is 9.92 Å². The van der Waals surface area contributed by atoms with Gasteiger partial charge in [0.2, 0.25) is 5.88 Å². The van der Waals surface area contributed by atoms with E-state index in [0.717, 1.165) is 5.56 Å². The maximum absolute atomic E-state index is 13.0. The first-order chi connectivity index (χ1) is 10.1. The summed E-state index contributed by atoms with van der Waals surface area (Å²) in [6.07, 6.45) is -4.72. The van der Waals surface area contributed by atoms with Gasteiger partial charge in [0.25, 0.3) is 6.36 Å². The van der Waals surface area contributed by atoms with Crippen LogP contribution in [0.3, 0.4) is 0 Å². The first kappa shape index (κ1) is 16.0. The summed E-state index contributed by atoms with van der Waals surface area (Å²) < 4.78 is 42.0. The summed E-state index contributed by atoms with van der Waals surface area (Å²) in [4.78, 5) is 4.18. The summed E-state index contributed by atoms with van der Waals surface area (Å²) in [5, 5.41) is 0.324. The number of ether oxygens (including phenoxy) is 1. The molecule has 1 heterocycles. The molecule has 0 aliphatic carbocycles. The Labute approximate surface area is 129 Å². The molecule has 0 aliphatic rings. The third kappa shape index (κ3) is 4.82. The topological polar surface area (TPSA) is 22.1 Å². The highest BCUT2D eigenvalue weighted by molar-refractivity contribution is 7.98. The molecular formula is C14H11ClF3NOS. The molecule has 0 aliphatic heterocycles. The molecule has 0 fully saturated rings. The van der Waals surface area contributed by atoms with Crippen molar-refractivity contribution in [3.63, 3.8) is 0 Å². The quantitative estimate of drug-likeness (QED) is 0.697. The van der Waals surface area contributed by atoms with Gasteiger partial charge in [0.1, 0.15) is 0 Å². The number of halogens is 4. The molecule has 0 amide bonds. The second-order valence-corrected chi connectivity index (χ2v) is 5.49. The van der Waals surface area contributed by atoms with Gasteiger partial charge in [-0.3, -0.25) is 0 Å². The molecule has 1 aromatic heterocycles. The number of thioether (sulfide) groups is 1. The van der Waals surface area contributed by atoms with Crippen molar-refractivity contribution in [3.8, 4) is 5.88 Å². The van der Waals surface area contributed by atoms with Crippen molar-refractivity contribution in [2.75, 3.05) is 0 Å². The highest BCUT2D eigenvalue weighted by atomic mass is 35.5. The monoisotopic (exact) mass is 333 g/mol. The smallest absolute Gasteiger partial charge is 0.304 e. The first-order valence-corrected chi connectivity index (χ1v) is 7.34. The minimum atomic E-state index is -3.23. The van der Waals surface area contributed by atoms with Crippen LogP contribution in [0.15, 0.2) is 47.5 Å². The number of aromatic nitrogens is 1. The zero-order valence-electron chi connectivity index (χ0n) is 10.7. The SMILES string of the molecule is FC(F)C(F)Oc1ncc(Cl)cc1SCc1ccccc1. The Hall–Kier alpha value is -1.40. The van der Waals surface area contributed by atoms with E-state index in [-0.39, 0.29) is 5.88 Å². The Balaban J connectivity index is 2.11. The van der Waals surface area contributed by atoms with Gasteiger partial charge in [-0.2, -0.15) is 4.39 Å². The van der Waals surface area contributed by atoms with Crippen molar-refractivity contribution in [1.82, 2.24) is 4.98 Å². The Bertz CT molecular complexity index is 586. The number of hydrogen-bond acceptors (Lipinski definition) is 3. The standard InChI is InChI=1S/C14H11ClF3NOS/c15-10-6-11(21-8-9-4-2-1-3-5-9)14(19-7-10)20-13(18)12(16)17/h1-7,12-13H,8H2. The molecule has 112 valence electrons. The Morgan fingerprint density at radius 3 is 2.57 bits per heavy atom. The van der Waals surface area contributed by atoms with Crippen LogP contribution in [-0.2, 0) is 5.75 Å². The molecule has 0 spiro atoms. The lowest BCUT2D eigenvalue weighted by Crippen LogP contribution is -2.20. The minimum absolute atomic E-state index is 0.187. The van der Waals surface area contributed by atoms with E-state index in [1.807, 2.05) is 30.3 Å². The second-order valence-electron chi connectivity index (χ2n) is 4.03. The summed E-state index contributed by atoms with van der Waals surface area (Å²) in [6.45, 7) is 0. The molecule has 2 rings (SSSR count). The normalized spacial score (nSPS) is 12.4. The van der Waals surface area contributed by atoms with Crippen molar-refractivity contribution in [2.45, 2.75) is 23.4 Å². The van der Waals surface area contributed by atoms with E-state index in [2.05, 4.69) is 9.72 Å². The zero-order chi connectivity index (χ0) is 15.2. The fourth-order valence-corrected chi connectivity index (χ4v) is 2.67. The summed E-state index contributed by atoms with van der Waals surface area (Å²) in [6, 6.07) is 11.0. The molecule has 0 radical (unpaired) electrons. The summed E-state index contributed by atoms with van der Waals surface area (Å²) >= 11 is 7.11. The van der Waals surface area contributed by atoms with Crippen LogP contribution in [0, 0.1) is 0 Å².